The van der Waals surface area contributed by atoms with Gasteiger partial charge in [-0.2, -0.15) is 0 Å². The summed E-state index contributed by atoms with van der Waals surface area (Å²) in [5, 5.41) is 8.87. The van der Waals surface area contributed by atoms with E-state index in [4.69, 9.17) is 13.9 Å². The number of aryl methyl sites for hydroxylation is 1. The van der Waals surface area contributed by atoms with Gasteiger partial charge in [-0.25, -0.2) is 8.42 Å². The number of rotatable bonds is 5. The molecule has 0 amide bonds. The fourth-order valence-corrected chi connectivity index (χ4v) is 13.4. The molecule has 1 aliphatic heterocycles. The van der Waals surface area contributed by atoms with Gasteiger partial charge < -0.3 is 13.9 Å². The van der Waals surface area contributed by atoms with Crippen LogP contribution >= 0.6 is 15.9 Å². The zero-order valence-electron chi connectivity index (χ0n) is 32.5. The number of ether oxygens (including phenoxy) is 2. The lowest BCUT2D eigenvalue weighted by Gasteiger charge is -2.47. The molecule has 0 saturated carbocycles. The Hall–Kier alpha value is -5.57. The minimum atomic E-state index is -4.02. The van der Waals surface area contributed by atoms with Gasteiger partial charge in [0.05, 0.1) is 15.9 Å². The first kappa shape index (κ1) is 35.4. The molecule has 1 saturated heterocycles. The lowest BCUT2D eigenvalue weighted by molar-refractivity contribution is -0.147. The molecule has 4 atom stereocenters. The van der Waals surface area contributed by atoms with Crippen LogP contribution in [-0.4, -0.2) is 30.7 Å². The van der Waals surface area contributed by atoms with Crippen LogP contribution in [0.1, 0.15) is 25.0 Å². The Bertz CT molecular complexity index is 3410. The molecular formula is C52H37BrO5S. The quantitative estimate of drug-likeness (QED) is 0.0980. The van der Waals surface area contributed by atoms with Crippen LogP contribution in [0.5, 0.6) is 0 Å². The van der Waals surface area contributed by atoms with E-state index in [1.54, 1.807) is 12.1 Å². The van der Waals surface area contributed by atoms with Crippen LogP contribution in [0.25, 0.3) is 82.1 Å². The van der Waals surface area contributed by atoms with E-state index in [1.807, 2.05) is 57.2 Å². The van der Waals surface area contributed by atoms with Gasteiger partial charge >= 0.3 is 0 Å². The minimum absolute atomic E-state index is 0.257. The van der Waals surface area contributed by atoms with Crippen molar-refractivity contribution in [1.82, 2.24) is 0 Å². The Morgan fingerprint density at radius 1 is 0.610 bits per heavy atom. The highest BCUT2D eigenvalue weighted by Crippen LogP contribution is 2.60. The van der Waals surface area contributed by atoms with Gasteiger partial charge in [-0.3, -0.25) is 0 Å². The zero-order chi connectivity index (χ0) is 40.0. The number of halogens is 1. The number of alkyl halides is 1. The molecule has 59 heavy (non-hydrogen) atoms. The summed E-state index contributed by atoms with van der Waals surface area (Å²) < 4.78 is 48.6. The molecule has 4 unspecified atom stereocenters. The van der Waals surface area contributed by atoms with Crippen molar-refractivity contribution in [3.63, 3.8) is 0 Å². The number of sulfone groups is 1. The van der Waals surface area contributed by atoms with Crippen LogP contribution in [0.15, 0.2) is 166 Å². The van der Waals surface area contributed by atoms with Crippen LogP contribution in [0.4, 0.5) is 0 Å². The van der Waals surface area contributed by atoms with Crippen molar-refractivity contribution in [2.24, 2.45) is 5.92 Å². The lowest BCUT2D eigenvalue weighted by Crippen LogP contribution is -2.54. The molecule has 2 heterocycles. The zero-order valence-corrected chi connectivity index (χ0v) is 34.9. The summed E-state index contributed by atoms with van der Waals surface area (Å²) in [4.78, 5) is 0.575. The van der Waals surface area contributed by atoms with Gasteiger partial charge in [0.2, 0.25) is 9.84 Å². The molecule has 1 aromatic heterocycles. The van der Waals surface area contributed by atoms with Crippen molar-refractivity contribution in [3.8, 4) is 22.3 Å². The Morgan fingerprint density at radius 3 is 1.97 bits per heavy atom. The Balaban J connectivity index is 1.04. The van der Waals surface area contributed by atoms with Crippen molar-refractivity contribution in [2.45, 2.75) is 48.0 Å². The van der Waals surface area contributed by atoms with E-state index in [0.29, 0.717) is 4.91 Å². The highest BCUT2D eigenvalue weighted by atomic mass is 79.9. The number of fused-ring (bicyclic) bond motifs is 3. The SMILES string of the molecule is Cc1ccc(S(=O)(=O)C2=C(c3ccc4ccc5c(-c6ccc(-c7cccc8c7oc7ccccc78)cc6)ccc6ccc3c4c65)C3C=CC2(Br)C2OC(C)(C)OC32)cc1. The van der Waals surface area contributed by atoms with Crippen LogP contribution in [0, 0.1) is 12.8 Å². The monoisotopic (exact) mass is 852 g/mol. The third-order valence-corrected chi connectivity index (χ3v) is 16.2. The standard InChI is InChI=1S/C52H37BrO5S/c1-29-11-21-34(22-12-29)59(54,55)50-46(42-27-28-52(50,53)49-48(42)57-51(2,3)58-49)40-26-20-33-18-24-38-35(23-17-32-19-25-39(40)45(33)44(32)38)30-13-15-31(16-14-30)36-8-6-9-41-37-7-4-5-10-43(37)56-47(36)41/h4-28,42,48-49H,1-3H3. The second kappa shape index (κ2) is 12.2. The van der Waals surface area contributed by atoms with Gasteiger partial charge in [0, 0.05) is 22.3 Å². The van der Waals surface area contributed by atoms with E-state index >= 15 is 8.42 Å². The van der Waals surface area contributed by atoms with Gasteiger partial charge in [0.15, 0.2) is 5.79 Å². The topological polar surface area (TPSA) is 65.7 Å². The van der Waals surface area contributed by atoms with Crippen molar-refractivity contribution in [2.75, 3.05) is 0 Å². The summed E-state index contributed by atoms with van der Waals surface area (Å²) in [6.45, 7) is 5.76. The van der Waals surface area contributed by atoms with E-state index in [1.165, 1.54) is 0 Å². The predicted octanol–water partition coefficient (Wildman–Crippen LogP) is 13.2. The first-order valence-corrected chi connectivity index (χ1v) is 22.3. The molecule has 8 aromatic carbocycles. The van der Waals surface area contributed by atoms with E-state index < -0.39 is 26.1 Å². The fraction of sp³-hybridized carbons (Fsp3) is 0.154. The van der Waals surface area contributed by atoms with Crippen molar-refractivity contribution in [3.05, 3.63) is 168 Å². The van der Waals surface area contributed by atoms with Gasteiger partial charge in [-0.1, -0.05) is 155 Å². The minimum Gasteiger partial charge on any atom is -0.455 e. The molecule has 13 rings (SSSR count). The molecule has 0 N–H and O–H groups in total. The van der Waals surface area contributed by atoms with Crippen molar-refractivity contribution in [1.29, 1.82) is 0 Å². The summed E-state index contributed by atoms with van der Waals surface area (Å²) in [6, 6.07) is 47.8. The van der Waals surface area contributed by atoms with Gasteiger partial charge in [-0.05, 0) is 99.1 Å². The number of hydrogen-bond acceptors (Lipinski definition) is 5. The second-order valence-corrected chi connectivity index (χ2v) is 19.9. The Kier molecular flexibility index (Phi) is 7.34. The number of benzene rings is 8. The third-order valence-electron chi connectivity index (χ3n) is 12.8. The molecule has 0 radical (unpaired) electrons. The highest BCUT2D eigenvalue weighted by molar-refractivity contribution is 9.10. The third kappa shape index (κ3) is 4.99. The predicted molar refractivity (Wildman–Crippen MR) is 242 cm³/mol. The summed E-state index contributed by atoms with van der Waals surface area (Å²) in [6.07, 6.45) is 3.16. The maximum Gasteiger partial charge on any atom is 0.204 e. The molecular weight excluding hydrogens is 817 g/mol. The van der Waals surface area contributed by atoms with Crippen molar-refractivity contribution < 1.29 is 22.3 Å². The molecule has 4 aliphatic rings. The molecule has 7 heteroatoms. The molecule has 9 aromatic rings. The molecule has 5 nitrogen and oxygen atoms in total. The molecule has 0 spiro atoms. The van der Waals surface area contributed by atoms with Crippen molar-refractivity contribution >= 4 is 85.6 Å². The molecule has 288 valence electrons. The van der Waals surface area contributed by atoms with E-state index in [2.05, 4.69) is 119 Å². The van der Waals surface area contributed by atoms with E-state index in [0.717, 1.165) is 93.2 Å². The molecule has 3 aliphatic carbocycles. The fourth-order valence-electron chi connectivity index (χ4n) is 10.2. The Labute approximate surface area is 349 Å². The largest absolute Gasteiger partial charge is 0.455 e. The van der Waals surface area contributed by atoms with Crippen LogP contribution in [-0.2, 0) is 19.3 Å². The summed E-state index contributed by atoms with van der Waals surface area (Å²) in [5.41, 5.74) is 8.81. The Morgan fingerprint density at radius 2 is 1.24 bits per heavy atom. The first-order valence-electron chi connectivity index (χ1n) is 20.0. The molecule has 1 fully saturated rings. The van der Waals surface area contributed by atoms with Gasteiger partial charge in [-0.15, -0.1) is 0 Å². The summed E-state index contributed by atoms with van der Waals surface area (Å²) in [5.74, 6) is -1.24. The first-order chi connectivity index (χ1) is 28.5. The normalized spacial score (nSPS) is 22.5. The number of hydrogen-bond donors (Lipinski definition) is 0. The lowest BCUT2D eigenvalue weighted by atomic mass is 9.69. The maximum atomic E-state index is 15.1. The van der Waals surface area contributed by atoms with Crippen LogP contribution in [0.2, 0.25) is 0 Å². The van der Waals surface area contributed by atoms with Gasteiger partial charge in [0.1, 0.15) is 21.6 Å². The average molecular weight is 854 g/mol. The van der Waals surface area contributed by atoms with Crippen LogP contribution in [0.3, 0.4) is 0 Å². The van der Waals surface area contributed by atoms with Crippen LogP contribution < -0.4 is 0 Å². The van der Waals surface area contributed by atoms with E-state index in [-0.39, 0.29) is 16.9 Å². The van der Waals surface area contributed by atoms with Gasteiger partial charge in [0.25, 0.3) is 0 Å². The smallest absolute Gasteiger partial charge is 0.204 e. The maximum absolute atomic E-state index is 15.1. The van der Waals surface area contributed by atoms with E-state index in [9.17, 15) is 0 Å². The number of para-hydroxylation sites is 2. The number of furan rings is 1. The summed E-state index contributed by atoms with van der Waals surface area (Å²) >= 11 is 4.01. The molecule has 2 bridgehead atoms. The second-order valence-electron chi connectivity index (χ2n) is 16.7. The summed E-state index contributed by atoms with van der Waals surface area (Å²) in [7, 11) is -4.02. The average Bonchev–Trinajstić information content (AvgIpc) is 3.80. The highest BCUT2D eigenvalue weighted by Gasteiger charge is 2.64.